The number of aliphatic hydroxyl groups excluding tert-OH is 1. The summed E-state index contributed by atoms with van der Waals surface area (Å²) in [6.45, 7) is 4.39. The summed E-state index contributed by atoms with van der Waals surface area (Å²) in [7, 11) is 1.00. The minimum atomic E-state index is 0.139. The summed E-state index contributed by atoms with van der Waals surface area (Å²) in [4.78, 5) is 9.05. The van der Waals surface area contributed by atoms with E-state index in [0.717, 1.165) is 7.11 Å². The molecule has 3 N–H and O–H groups in total. The Morgan fingerprint density at radius 1 is 1.44 bits per heavy atom. The SMILES string of the molecule is CCC.CO.NCC=O. The van der Waals surface area contributed by atoms with E-state index in [9.17, 15) is 0 Å². The first-order chi connectivity index (χ1) is 4.33. The zero-order chi connectivity index (χ0) is 8.12. The molecule has 0 aliphatic carbocycles. The van der Waals surface area contributed by atoms with Crippen LogP contribution in [0.15, 0.2) is 0 Å². The lowest BCUT2D eigenvalue weighted by Gasteiger charge is -1.55. The molecule has 0 heterocycles. The topological polar surface area (TPSA) is 63.3 Å². The standard InChI is InChI=1S/C3H8.C2H5NO.CH4O/c1-3-2;3-1-2-4;1-2/h3H2,1-2H3;2H,1,3H2;2H,1H3. The van der Waals surface area contributed by atoms with E-state index in [1.54, 1.807) is 0 Å². The fraction of sp³-hybridized carbons (Fsp3) is 0.833. The number of carbonyl (C=O) groups excluding carboxylic acids is 1. The Bertz CT molecular complexity index is 32.2. The molecule has 0 aromatic heterocycles. The fourth-order valence-corrected chi connectivity index (χ4v) is 0. The van der Waals surface area contributed by atoms with E-state index in [2.05, 4.69) is 19.6 Å². The Morgan fingerprint density at radius 2 is 1.56 bits per heavy atom. The van der Waals surface area contributed by atoms with Crippen LogP contribution in [0.1, 0.15) is 20.3 Å². The second-order valence-corrected chi connectivity index (χ2v) is 1.11. The molecule has 0 unspecified atom stereocenters. The molecule has 58 valence electrons. The van der Waals surface area contributed by atoms with Crippen LogP contribution in [0.25, 0.3) is 0 Å². The number of hydrogen-bond acceptors (Lipinski definition) is 3. The number of aldehydes is 1. The highest BCUT2D eigenvalue weighted by Crippen LogP contribution is 1.56. The maximum Gasteiger partial charge on any atom is 0.133 e. The molecule has 0 aliphatic heterocycles. The average Bonchev–Trinajstić information content (AvgIpc) is 1.94. The first-order valence-electron chi connectivity index (χ1n) is 2.91. The van der Waals surface area contributed by atoms with Crippen LogP contribution in [0.5, 0.6) is 0 Å². The van der Waals surface area contributed by atoms with Crippen molar-refractivity contribution in [2.45, 2.75) is 20.3 Å². The van der Waals surface area contributed by atoms with E-state index in [0.29, 0.717) is 6.29 Å². The summed E-state index contributed by atoms with van der Waals surface area (Å²) >= 11 is 0. The number of aliphatic hydroxyl groups is 1. The summed E-state index contributed by atoms with van der Waals surface area (Å²) in [5.74, 6) is 0. The zero-order valence-electron chi connectivity index (χ0n) is 6.42. The summed E-state index contributed by atoms with van der Waals surface area (Å²) in [5.41, 5.74) is 4.66. The van der Waals surface area contributed by atoms with Gasteiger partial charge in [0.25, 0.3) is 0 Å². The Labute approximate surface area is 56.9 Å². The third-order valence-electron chi connectivity index (χ3n) is 0.0962. The van der Waals surface area contributed by atoms with E-state index in [1.807, 2.05) is 0 Å². The first kappa shape index (κ1) is 15.8. The van der Waals surface area contributed by atoms with Gasteiger partial charge in [0.15, 0.2) is 0 Å². The maximum absolute atomic E-state index is 9.05. The molecular weight excluding hydrogens is 118 g/mol. The Morgan fingerprint density at radius 3 is 1.56 bits per heavy atom. The normalized spacial score (nSPS) is 5.44. The van der Waals surface area contributed by atoms with E-state index in [1.165, 1.54) is 6.42 Å². The largest absolute Gasteiger partial charge is 0.400 e. The molecular formula is C6H17NO2. The zero-order valence-corrected chi connectivity index (χ0v) is 6.42. The van der Waals surface area contributed by atoms with E-state index >= 15 is 0 Å². The van der Waals surface area contributed by atoms with Gasteiger partial charge in [0.05, 0.1) is 0 Å². The van der Waals surface area contributed by atoms with Crippen molar-refractivity contribution < 1.29 is 9.90 Å². The molecule has 0 amide bonds. The Hall–Kier alpha value is -0.410. The maximum atomic E-state index is 9.05. The average molecular weight is 135 g/mol. The van der Waals surface area contributed by atoms with E-state index in [4.69, 9.17) is 9.90 Å². The van der Waals surface area contributed by atoms with Crippen molar-refractivity contribution in [2.75, 3.05) is 13.7 Å². The van der Waals surface area contributed by atoms with Crippen molar-refractivity contribution in [1.82, 2.24) is 0 Å². The highest BCUT2D eigenvalue weighted by molar-refractivity contribution is 5.51. The highest BCUT2D eigenvalue weighted by Gasteiger charge is 1.51. The minimum Gasteiger partial charge on any atom is -0.400 e. The van der Waals surface area contributed by atoms with Crippen LogP contribution >= 0.6 is 0 Å². The summed E-state index contributed by atoms with van der Waals surface area (Å²) in [6, 6.07) is 0. The van der Waals surface area contributed by atoms with Gasteiger partial charge in [-0.05, 0) is 0 Å². The molecule has 0 saturated carbocycles. The fourth-order valence-electron chi connectivity index (χ4n) is 0. The van der Waals surface area contributed by atoms with Gasteiger partial charge in [-0.15, -0.1) is 0 Å². The molecule has 0 radical (unpaired) electrons. The van der Waals surface area contributed by atoms with Crippen molar-refractivity contribution in [3.05, 3.63) is 0 Å². The lowest BCUT2D eigenvalue weighted by molar-refractivity contribution is -0.106. The lowest BCUT2D eigenvalue weighted by Crippen LogP contribution is -1.97. The van der Waals surface area contributed by atoms with Gasteiger partial charge < -0.3 is 15.6 Å². The molecule has 0 aromatic carbocycles. The van der Waals surface area contributed by atoms with Gasteiger partial charge in [-0.2, -0.15) is 0 Å². The van der Waals surface area contributed by atoms with Crippen LogP contribution in [0.4, 0.5) is 0 Å². The molecule has 0 rings (SSSR count). The van der Waals surface area contributed by atoms with Crippen molar-refractivity contribution in [3.63, 3.8) is 0 Å². The van der Waals surface area contributed by atoms with Crippen LogP contribution in [0, 0.1) is 0 Å². The van der Waals surface area contributed by atoms with Gasteiger partial charge >= 0.3 is 0 Å². The van der Waals surface area contributed by atoms with Gasteiger partial charge in [-0.1, -0.05) is 20.3 Å². The molecule has 3 nitrogen and oxygen atoms in total. The molecule has 0 bridgehead atoms. The van der Waals surface area contributed by atoms with Gasteiger partial charge in [0, 0.05) is 13.7 Å². The van der Waals surface area contributed by atoms with Crippen LogP contribution < -0.4 is 5.73 Å². The van der Waals surface area contributed by atoms with Gasteiger partial charge in [-0.3, -0.25) is 0 Å². The number of hydrogen-bond donors (Lipinski definition) is 2. The summed E-state index contributed by atoms with van der Waals surface area (Å²) in [5, 5.41) is 7.00. The number of carbonyl (C=O) groups is 1. The summed E-state index contributed by atoms with van der Waals surface area (Å²) < 4.78 is 0. The lowest BCUT2D eigenvalue weighted by atomic mass is 10.6. The molecule has 3 heteroatoms. The van der Waals surface area contributed by atoms with Crippen LogP contribution in [0.2, 0.25) is 0 Å². The first-order valence-corrected chi connectivity index (χ1v) is 2.91. The van der Waals surface area contributed by atoms with Gasteiger partial charge in [-0.25, -0.2) is 0 Å². The minimum absolute atomic E-state index is 0.139. The van der Waals surface area contributed by atoms with Gasteiger partial charge in [0.2, 0.25) is 0 Å². The molecule has 0 aliphatic rings. The van der Waals surface area contributed by atoms with E-state index in [-0.39, 0.29) is 6.54 Å². The molecule has 0 spiro atoms. The highest BCUT2D eigenvalue weighted by atomic mass is 16.2. The van der Waals surface area contributed by atoms with Crippen molar-refractivity contribution in [2.24, 2.45) is 5.73 Å². The predicted octanol–water partition coefficient (Wildman–Crippen LogP) is 0.169. The third kappa shape index (κ3) is 681. The molecule has 0 aromatic rings. The predicted molar refractivity (Wildman–Crippen MR) is 39.2 cm³/mol. The van der Waals surface area contributed by atoms with Crippen LogP contribution in [0.3, 0.4) is 0 Å². The molecule has 0 fully saturated rings. The van der Waals surface area contributed by atoms with E-state index < -0.39 is 0 Å². The molecule has 9 heavy (non-hydrogen) atoms. The van der Waals surface area contributed by atoms with Gasteiger partial charge in [0.1, 0.15) is 6.29 Å². The monoisotopic (exact) mass is 135 g/mol. The quantitative estimate of drug-likeness (QED) is 0.504. The third-order valence-corrected chi connectivity index (χ3v) is 0.0962. The Balaban J connectivity index is -0.0000000646. The van der Waals surface area contributed by atoms with Crippen molar-refractivity contribution in [3.8, 4) is 0 Å². The van der Waals surface area contributed by atoms with Crippen molar-refractivity contribution in [1.29, 1.82) is 0 Å². The van der Waals surface area contributed by atoms with Crippen LogP contribution in [-0.4, -0.2) is 25.0 Å². The number of rotatable bonds is 1. The number of nitrogens with two attached hydrogens (primary N) is 1. The summed E-state index contributed by atoms with van der Waals surface area (Å²) in [6.07, 6.45) is 1.90. The van der Waals surface area contributed by atoms with Crippen molar-refractivity contribution >= 4 is 6.29 Å². The molecule has 0 saturated heterocycles. The smallest absolute Gasteiger partial charge is 0.133 e. The molecule has 0 atom stereocenters. The Kier molecular flexibility index (Phi) is 86.5. The second kappa shape index (κ2) is 49.1. The second-order valence-electron chi connectivity index (χ2n) is 1.11. The van der Waals surface area contributed by atoms with Crippen LogP contribution in [-0.2, 0) is 4.79 Å².